The average molecular weight is 332 g/mol. The number of rotatable bonds is 5. The molecule has 0 aliphatic carbocycles. The Kier molecular flexibility index (Phi) is 4.60. The largest absolute Gasteiger partial charge is 0.315 e. The average Bonchev–Trinajstić information content (AvgIpc) is 2.77. The van der Waals surface area contributed by atoms with E-state index in [1.165, 1.54) is 29.5 Å². The quantitative estimate of drug-likeness (QED) is 0.885. The van der Waals surface area contributed by atoms with Crippen molar-refractivity contribution in [3.8, 4) is 0 Å². The van der Waals surface area contributed by atoms with E-state index in [2.05, 4.69) is 10.0 Å². The van der Waals surface area contributed by atoms with Gasteiger partial charge in [0.2, 0.25) is 0 Å². The van der Waals surface area contributed by atoms with Gasteiger partial charge >= 0.3 is 0 Å². The third kappa shape index (κ3) is 3.39. The van der Waals surface area contributed by atoms with E-state index >= 15 is 0 Å². The number of hydrogen-bond acceptors (Lipinski definition) is 4. The maximum Gasteiger partial charge on any atom is 0.263 e. The van der Waals surface area contributed by atoms with Gasteiger partial charge in [-0.25, -0.2) is 17.2 Å². The number of anilines is 1. The van der Waals surface area contributed by atoms with E-state index in [9.17, 15) is 17.2 Å². The first-order valence-corrected chi connectivity index (χ1v) is 8.36. The lowest BCUT2D eigenvalue weighted by molar-refractivity contribution is 0.511. The molecular formula is C13H14F2N2O2S2. The molecule has 2 N–H and O–H groups in total. The molecule has 0 aliphatic heterocycles. The Balaban J connectivity index is 2.36. The van der Waals surface area contributed by atoms with E-state index in [0.29, 0.717) is 11.4 Å². The molecule has 0 saturated heterocycles. The van der Waals surface area contributed by atoms with Crippen LogP contribution in [0.3, 0.4) is 0 Å². The van der Waals surface area contributed by atoms with Gasteiger partial charge in [-0.05, 0) is 32.2 Å². The third-order valence-electron chi connectivity index (χ3n) is 2.76. The zero-order valence-corrected chi connectivity index (χ0v) is 13.0. The van der Waals surface area contributed by atoms with Gasteiger partial charge in [0, 0.05) is 16.3 Å². The smallest absolute Gasteiger partial charge is 0.263 e. The Morgan fingerprint density at radius 3 is 2.67 bits per heavy atom. The van der Waals surface area contributed by atoms with Gasteiger partial charge in [-0.15, -0.1) is 11.3 Å². The van der Waals surface area contributed by atoms with Gasteiger partial charge in [0.1, 0.15) is 4.90 Å². The minimum Gasteiger partial charge on any atom is -0.315 e. The van der Waals surface area contributed by atoms with Crippen molar-refractivity contribution in [2.75, 3.05) is 11.8 Å². The molecule has 2 rings (SSSR count). The first kappa shape index (κ1) is 15.9. The van der Waals surface area contributed by atoms with Crippen molar-refractivity contribution in [3.05, 3.63) is 45.7 Å². The first-order valence-electron chi connectivity index (χ1n) is 6.06. The van der Waals surface area contributed by atoms with Crippen LogP contribution in [0.1, 0.15) is 9.75 Å². The van der Waals surface area contributed by atoms with Gasteiger partial charge in [0.25, 0.3) is 10.0 Å². The molecule has 0 fully saturated rings. The van der Waals surface area contributed by atoms with Crippen molar-refractivity contribution >= 4 is 27.0 Å². The lowest BCUT2D eigenvalue weighted by Crippen LogP contribution is -2.14. The Morgan fingerprint density at radius 2 is 2.00 bits per heavy atom. The highest BCUT2D eigenvalue weighted by atomic mass is 32.2. The second kappa shape index (κ2) is 6.08. The molecule has 0 spiro atoms. The molecule has 1 aromatic heterocycles. The van der Waals surface area contributed by atoms with E-state index in [0.717, 1.165) is 10.9 Å². The van der Waals surface area contributed by atoms with E-state index in [1.807, 2.05) is 0 Å². The minimum absolute atomic E-state index is 0.0708. The second-order valence-electron chi connectivity index (χ2n) is 4.37. The molecule has 0 unspecified atom stereocenters. The van der Waals surface area contributed by atoms with Crippen molar-refractivity contribution in [1.82, 2.24) is 5.32 Å². The molecule has 8 heteroatoms. The molecule has 21 heavy (non-hydrogen) atoms. The number of thiophene rings is 1. The molecule has 1 heterocycles. The molecule has 0 atom stereocenters. The minimum atomic E-state index is -3.95. The molecule has 0 saturated carbocycles. The van der Waals surface area contributed by atoms with Crippen LogP contribution in [0, 0.1) is 18.6 Å². The van der Waals surface area contributed by atoms with E-state index in [4.69, 9.17) is 0 Å². The first-order chi connectivity index (χ1) is 9.85. The lowest BCUT2D eigenvalue weighted by Gasteiger charge is -2.08. The highest BCUT2D eigenvalue weighted by Gasteiger charge is 2.22. The molecule has 0 amide bonds. The normalized spacial score (nSPS) is 11.6. The van der Waals surface area contributed by atoms with Crippen LogP contribution in [-0.2, 0) is 16.6 Å². The number of nitrogens with one attached hydrogen (secondary N) is 2. The highest BCUT2D eigenvalue weighted by Crippen LogP contribution is 2.28. The number of hydrogen-bond donors (Lipinski definition) is 2. The fourth-order valence-electron chi connectivity index (χ4n) is 1.83. The number of aryl methyl sites for hydroxylation is 1. The summed E-state index contributed by atoms with van der Waals surface area (Å²) >= 11 is 1.33. The molecule has 4 nitrogen and oxygen atoms in total. The Hall–Kier alpha value is -1.51. The standard InChI is InChI=1S/C13H14F2N2O2S2/c1-8-12(6-9(20-8)7-16-2)21(18,19)17-11-5-3-4-10(14)13(11)15/h3-6,16-17H,7H2,1-2H3. The van der Waals surface area contributed by atoms with Crippen molar-refractivity contribution in [3.63, 3.8) is 0 Å². The Morgan fingerprint density at radius 1 is 1.29 bits per heavy atom. The van der Waals surface area contributed by atoms with Crippen molar-refractivity contribution in [1.29, 1.82) is 0 Å². The Labute approximate surface area is 125 Å². The number of sulfonamides is 1. The fraction of sp³-hybridized carbons (Fsp3) is 0.231. The van der Waals surface area contributed by atoms with Gasteiger partial charge in [0.05, 0.1) is 5.69 Å². The molecule has 0 radical (unpaired) electrons. The van der Waals surface area contributed by atoms with Gasteiger partial charge in [0.15, 0.2) is 11.6 Å². The number of halogens is 2. The van der Waals surface area contributed by atoms with Gasteiger partial charge < -0.3 is 5.32 Å². The van der Waals surface area contributed by atoms with Gasteiger partial charge in [-0.1, -0.05) is 6.07 Å². The van der Waals surface area contributed by atoms with E-state index in [1.54, 1.807) is 14.0 Å². The summed E-state index contributed by atoms with van der Waals surface area (Å²) in [5.41, 5.74) is -0.407. The zero-order chi connectivity index (χ0) is 15.6. The summed E-state index contributed by atoms with van der Waals surface area (Å²) in [6.07, 6.45) is 0. The summed E-state index contributed by atoms with van der Waals surface area (Å²) in [7, 11) is -2.20. The maximum absolute atomic E-state index is 13.6. The maximum atomic E-state index is 13.6. The van der Waals surface area contributed by atoms with Crippen LogP contribution in [0.2, 0.25) is 0 Å². The summed E-state index contributed by atoms with van der Waals surface area (Å²) in [5.74, 6) is -2.32. The Bertz CT molecular complexity index is 758. The zero-order valence-electron chi connectivity index (χ0n) is 11.4. The molecular weight excluding hydrogens is 318 g/mol. The van der Waals surface area contributed by atoms with E-state index in [-0.39, 0.29) is 4.90 Å². The fourth-order valence-corrected chi connectivity index (χ4v) is 4.54. The van der Waals surface area contributed by atoms with Crippen LogP contribution in [-0.4, -0.2) is 15.5 Å². The topological polar surface area (TPSA) is 58.2 Å². The molecule has 2 aromatic rings. The molecule has 114 valence electrons. The monoisotopic (exact) mass is 332 g/mol. The lowest BCUT2D eigenvalue weighted by atomic mass is 10.3. The summed E-state index contributed by atoms with van der Waals surface area (Å²) in [4.78, 5) is 1.50. The molecule has 0 bridgehead atoms. The van der Waals surface area contributed by atoms with Gasteiger partial charge in [-0.2, -0.15) is 0 Å². The summed E-state index contributed by atoms with van der Waals surface area (Å²) in [6.45, 7) is 2.20. The molecule has 1 aromatic carbocycles. The summed E-state index contributed by atoms with van der Waals surface area (Å²) in [6, 6.07) is 4.86. The van der Waals surface area contributed by atoms with Gasteiger partial charge in [-0.3, -0.25) is 4.72 Å². The van der Waals surface area contributed by atoms with Crippen LogP contribution in [0.5, 0.6) is 0 Å². The van der Waals surface area contributed by atoms with Crippen LogP contribution in [0.15, 0.2) is 29.2 Å². The SMILES string of the molecule is CNCc1cc(S(=O)(=O)Nc2cccc(F)c2F)c(C)s1. The van der Waals surface area contributed by atoms with Crippen LogP contribution in [0.4, 0.5) is 14.5 Å². The number of benzene rings is 1. The highest BCUT2D eigenvalue weighted by molar-refractivity contribution is 7.93. The predicted octanol–water partition coefficient (Wildman–Crippen LogP) is 2.85. The third-order valence-corrected chi connectivity index (χ3v) is 5.43. The van der Waals surface area contributed by atoms with E-state index < -0.39 is 27.3 Å². The summed E-state index contributed by atoms with van der Waals surface area (Å²) < 4.78 is 53.4. The second-order valence-corrected chi connectivity index (χ2v) is 7.36. The van der Waals surface area contributed by atoms with Crippen molar-refractivity contribution in [2.45, 2.75) is 18.4 Å². The van der Waals surface area contributed by atoms with Crippen molar-refractivity contribution in [2.24, 2.45) is 0 Å². The van der Waals surface area contributed by atoms with Crippen molar-refractivity contribution < 1.29 is 17.2 Å². The van der Waals surface area contributed by atoms with Crippen LogP contribution >= 0.6 is 11.3 Å². The summed E-state index contributed by atoms with van der Waals surface area (Å²) in [5, 5.41) is 2.93. The van der Waals surface area contributed by atoms with Crippen LogP contribution in [0.25, 0.3) is 0 Å². The molecule has 0 aliphatic rings. The predicted molar refractivity (Wildman–Crippen MR) is 79.0 cm³/mol. The van der Waals surface area contributed by atoms with Crippen LogP contribution < -0.4 is 10.0 Å².